The van der Waals surface area contributed by atoms with Gasteiger partial charge >= 0.3 is 0 Å². The number of carbonyl (C=O) groups is 1. The van der Waals surface area contributed by atoms with Crippen molar-refractivity contribution in [1.29, 1.82) is 0 Å². The Balaban J connectivity index is 1.99. The lowest BCUT2D eigenvalue weighted by atomic mass is 10.0. The van der Waals surface area contributed by atoms with Crippen LogP contribution in [0.15, 0.2) is 18.2 Å². The summed E-state index contributed by atoms with van der Waals surface area (Å²) in [4.78, 5) is 13.6. The Bertz CT molecular complexity index is 433. The molecule has 1 N–H and O–H groups in total. The topological polar surface area (TPSA) is 32.3 Å². The third kappa shape index (κ3) is 2.92. The van der Waals surface area contributed by atoms with Crippen molar-refractivity contribution in [3.63, 3.8) is 0 Å². The van der Waals surface area contributed by atoms with E-state index in [4.69, 9.17) is 23.2 Å². The maximum Gasteiger partial charge on any atom is 0.228 e. The van der Waals surface area contributed by atoms with Gasteiger partial charge in [0.15, 0.2) is 0 Å². The predicted molar refractivity (Wildman–Crippen MR) is 69.3 cm³/mol. The Kier molecular flexibility index (Phi) is 3.92. The molecule has 1 saturated heterocycles. The summed E-state index contributed by atoms with van der Waals surface area (Å²) in [5.41, 5.74) is 0.988. The molecular formula is C12H14Cl2N2O. The van der Waals surface area contributed by atoms with Crippen LogP contribution in [0, 0.1) is 5.92 Å². The van der Waals surface area contributed by atoms with Gasteiger partial charge in [0.2, 0.25) is 5.91 Å². The minimum Gasteiger partial charge on any atom is -0.341 e. The molecule has 2 rings (SSSR count). The van der Waals surface area contributed by atoms with Crippen LogP contribution in [0.1, 0.15) is 5.56 Å². The van der Waals surface area contributed by atoms with Crippen LogP contribution in [0.2, 0.25) is 10.0 Å². The van der Waals surface area contributed by atoms with Crippen LogP contribution >= 0.6 is 23.2 Å². The van der Waals surface area contributed by atoms with Crippen LogP contribution in [0.3, 0.4) is 0 Å². The summed E-state index contributed by atoms with van der Waals surface area (Å²) in [6.07, 6.45) is 0. The summed E-state index contributed by atoms with van der Waals surface area (Å²) in [6, 6.07) is 5.44. The summed E-state index contributed by atoms with van der Waals surface area (Å²) in [5, 5.41) is 4.15. The van der Waals surface area contributed by atoms with E-state index in [1.165, 1.54) is 0 Å². The van der Waals surface area contributed by atoms with E-state index in [0.717, 1.165) is 18.7 Å². The molecule has 1 aromatic carbocycles. The van der Waals surface area contributed by atoms with Crippen molar-refractivity contribution in [3.8, 4) is 0 Å². The molecule has 1 aromatic rings. The second kappa shape index (κ2) is 5.25. The lowest BCUT2D eigenvalue weighted by Gasteiger charge is -2.30. The van der Waals surface area contributed by atoms with Crippen molar-refractivity contribution in [1.82, 2.24) is 10.2 Å². The molecule has 0 saturated carbocycles. The lowest BCUT2D eigenvalue weighted by Crippen LogP contribution is -2.50. The highest BCUT2D eigenvalue weighted by atomic mass is 35.5. The fourth-order valence-corrected chi connectivity index (χ4v) is 2.09. The number of carbonyl (C=O) groups excluding carboxylic acids is 1. The molecule has 1 fully saturated rings. The first-order valence-electron chi connectivity index (χ1n) is 5.47. The molecular weight excluding hydrogens is 259 g/mol. The van der Waals surface area contributed by atoms with E-state index < -0.39 is 0 Å². The van der Waals surface area contributed by atoms with Gasteiger partial charge in [0.1, 0.15) is 0 Å². The van der Waals surface area contributed by atoms with Crippen LogP contribution in [-0.4, -0.2) is 30.9 Å². The normalized spacial score (nSPS) is 15.5. The highest BCUT2D eigenvalue weighted by molar-refractivity contribution is 6.42. The van der Waals surface area contributed by atoms with E-state index in [2.05, 4.69) is 5.32 Å². The molecule has 92 valence electrons. The van der Waals surface area contributed by atoms with E-state index >= 15 is 0 Å². The van der Waals surface area contributed by atoms with E-state index in [9.17, 15) is 4.79 Å². The molecule has 0 aromatic heterocycles. The van der Waals surface area contributed by atoms with E-state index in [1.54, 1.807) is 17.0 Å². The molecule has 1 amide bonds. The van der Waals surface area contributed by atoms with Gasteiger partial charge < -0.3 is 10.2 Å². The molecule has 0 atom stereocenters. The summed E-state index contributed by atoms with van der Waals surface area (Å²) in [6.45, 7) is 2.13. The van der Waals surface area contributed by atoms with Gasteiger partial charge in [-0.05, 0) is 17.7 Å². The van der Waals surface area contributed by atoms with Gasteiger partial charge in [-0.15, -0.1) is 0 Å². The summed E-state index contributed by atoms with van der Waals surface area (Å²) in [7, 11) is 1.81. The van der Waals surface area contributed by atoms with Crippen LogP contribution in [0.4, 0.5) is 0 Å². The number of hydrogen-bond acceptors (Lipinski definition) is 2. The molecule has 0 unspecified atom stereocenters. The van der Waals surface area contributed by atoms with Crippen molar-refractivity contribution in [2.24, 2.45) is 5.92 Å². The fraction of sp³-hybridized carbons (Fsp3) is 0.417. The predicted octanol–water partition coefficient (Wildman–Crippen LogP) is 2.17. The van der Waals surface area contributed by atoms with Crippen LogP contribution < -0.4 is 5.32 Å². The molecule has 0 aliphatic carbocycles. The zero-order chi connectivity index (χ0) is 12.4. The number of nitrogens with one attached hydrogen (secondary N) is 1. The van der Waals surface area contributed by atoms with Gasteiger partial charge in [-0.1, -0.05) is 29.3 Å². The maximum atomic E-state index is 11.9. The Morgan fingerprint density at radius 3 is 2.65 bits per heavy atom. The van der Waals surface area contributed by atoms with Gasteiger partial charge in [0.05, 0.1) is 16.0 Å². The average Bonchev–Trinajstić information content (AvgIpc) is 2.21. The number of benzene rings is 1. The van der Waals surface area contributed by atoms with Gasteiger partial charge in [0.25, 0.3) is 0 Å². The minimum atomic E-state index is 0.128. The fourth-order valence-electron chi connectivity index (χ4n) is 1.76. The van der Waals surface area contributed by atoms with Gasteiger partial charge in [-0.3, -0.25) is 4.79 Å². The Labute approximate surface area is 111 Å². The maximum absolute atomic E-state index is 11.9. The Morgan fingerprint density at radius 1 is 1.41 bits per heavy atom. The average molecular weight is 273 g/mol. The highest BCUT2D eigenvalue weighted by Gasteiger charge is 2.27. The zero-order valence-corrected chi connectivity index (χ0v) is 11.1. The molecule has 1 heterocycles. The van der Waals surface area contributed by atoms with E-state index in [0.29, 0.717) is 16.6 Å². The molecule has 0 bridgehead atoms. The van der Waals surface area contributed by atoms with Crippen LogP contribution in [0.5, 0.6) is 0 Å². The molecule has 17 heavy (non-hydrogen) atoms. The van der Waals surface area contributed by atoms with Crippen molar-refractivity contribution in [2.75, 3.05) is 20.1 Å². The minimum absolute atomic E-state index is 0.128. The molecule has 3 nitrogen and oxygen atoms in total. The van der Waals surface area contributed by atoms with Crippen molar-refractivity contribution >= 4 is 29.1 Å². The SMILES string of the molecule is CN(Cc1ccc(Cl)c(Cl)c1)C(=O)C1CNC1. The smallest absolute Gasteiger partial charge is 0.228 e. The quantitative estimate of drug-likeness (QED) is 0.915. The van der Waals surface area contributed by atoms with Gasteiger partial charge in [-0.2, -0.15) is 0 Å². The molecule has 0 spiro atoms. The Hall–Kier alpha value is -0.770. The second-order valence-corrected chi connectivity index (χ2v) is 5.11. The first-order chi connectivity index (χ1) is 8.08. The van der Waals surface area contributed by atoms with Crippen molar-refractivity contribution in [2.45, 2.75) is 6.54 Å². The van der Waals surface area contributed by atoms with E-state index in [1.807, 2.05) is 13.1 Å². The van der Waals surface area contributed by atoms with E-state index in [-0.39, 0.29) is 11.8 Å². The third-order valence-corrected chi connectivity index (χ3v) is 3.65. The molecule has 0 radical (unpaired) electrons. The zero-order valence-electron chi connectivity index (χ0n) is 9.54. The second-order valence-electron chi connectivity index (χ2n) is 4.30. The highest BCUT2D eigenvalue weighted by Crippen LogP contribution is 2.23. The number of nitrogens with zero attached hydrogens (tertiary/aromatic N) is 1. The Morgan fingerprint density at radius 2 is 2.12 bits per heavy atom. The summed E-state index contributed by atoms with van der Waals surface area (Å²) in [5.74, 6) is 0.303. The molecule has 5 heteroatoms. The van der Waals surface area contributed by atoms with Crippen molar-refractivity contribution < 1.29 is 4.79 Å². The summed E-state index contributed by atoms with van der Waals surface area (Å²) >= 11 is 11.8. The number of amides is 1. The largest absolute Gasteiger partial charge is 0.341 e. The van der Waals surface area contributed by atoms with Crippen LogP contribution in [0.25, 0.3) is 0 Å². The number of halogens is 2. The number of rotatable bonds is 3. The first-order valence-corrected chi connectivity index (χ1v) is 6.23. The molecule has 1 aliphatic rings. The van der Waals surface area contributed by atoms with Gasteiger partial charge in [0, 0.05) is 26.7 Å². The monoisotopic (exact) mass is 272 g/mol. The van der Waals surface area contributed by atoms with Crippen molar-refractivity contribution in [3.05, 3.63) is 33.8 Å². The standard InChI is InChI=1S/C12H14Cl2N2O/c1-16(12(17)9-5-15-6-9)7-8-2-3-10(13)11(14)4-8/h2-4,9,15H,5-7H2,1H3. The third-order valence-electron chi connectivity index (χ3n) is 2.91. The lowest BCUT2D eigenvalue weighted by molar-refractivity contribution is -0.136. The van der Waals surface area contributed by atoms with Crippen LogP contribution in [-0.2, 0) is 11.3 Å². The molecule has 1 aliphatic heterocycles. The first kappa shape index (κ1) is 12.7. The number of hydrogen-bond donors (Lipinski definition) is 1. The summed E-state index contributed by atoms with van der Waals surface area (Å²) < 4.78 is 0. The van der Waals surface area contributed by atoms with Gasteiger partial charge in [-0.25, -0.2) is 0 Å².